The van der Waals surface area contributed by atoms with Crippen LogP contribution in [0.3, 0.4) is 0 Å². The summed E-state index contributed by atoms with van der Waals surface area (Å²) in [7, 11) is 0. The van der Waals surface area contributed by atoms with Crippen molar-refractivity contribution in [2.45, 2.75) is 26.2 Å². The molecule has 0 unspecified atom stereocenters. The molecule has 2 aliphatic heterocycles. The highest BCUT2D eigenvalue weighted by Gasteiger charge is 2.32. The fourth-order valence-corrected chi connectivity index (χ4v) is 3.77. The molecule has 0 saturated heterocycles. The van der Waals surface area contributed by atoms with Crippen LogP contribution in [0.5, 0.6) is 5.75 Å². The molecule has 4 rings (SSSR count). The third-order valence-electron chi connectivity index (χ3n) is 4.91. The quantitative estimate of drug-likeness (QED) is 0.799. The first-order chi connectivity index (χ1) is 13.6. The highest BCUT2D eigenvalue weighted by atomic mass is 16.5. The highest BCUT2D eigenvalue weighted by Crippen LogP contribution is 2.38. The summed E-state index contributed by atoms with van der Waals surface area (Å²) < 4.78 is 5.46. The molecule has 2 aromatic rings. The molecule has 2 aromatic carbocycles. The minimum atomic E-state index is -0.779. The number of benzene rings is 2. The molecule has 2 N–H and O–H groups in total. The van der Waals surface area contributed by atoms with E-state index in [1.165, 1.54) is 0 Å². The fourth-order valence-electron chi connectivity index (χ4n) is 3.77. The van der Waals surface area contributed by atoms with Crippen LogP contribution in [0.25, 0.3) is 0 Å². The number of hydrogen-bond donors (Lipinski definition) is 2. The molecule has 144 valence electrons. The van der Waals surface area contributed by atoms with Crippen molar-refractivity contribution < 1.29 is 19.1 Å². The van der Waals surface area contributed by atoms with Crippen LogP contribution in [0.4, 0.5) is 17.1 Å². The minimum absolute atomic E-state index is 0.0877. The van der Waals surface area contributed by atoms with Gasteiger partial charge in [-0.1, -0.05) is 12.1 Å². The SMILES string of the molecule is CCOc1ccccc1NC(=O)C(=O)Nc1cc2c3c(c1)CC(=O)N3CCC2. The van der Waals surface area contributed by atoms with Gasteiger partial charge >= 0.3 is 11.8 Å². The lowest BCUT2D eigenvalue weighted by Gasteiger charge is -2.26. The first-order valence-corrected chi connectivity index (χ1v) is 9.37. The molecule has 0 spiro atoms. The number of carbonyl (C=O) groups is 3. The number of nitrogens with one attached hydrogen (secondary N) is 2. The normalized spacial score (nSPS) is 14.5. The highest BCUT2D eigenvalue weighted by molar-refractivity contribution is 6.43. The first-order valence-electron chi connectivity index (χ1n) is 9.37. The Morgan fingerprint density at radius 2 is 1.86 bits per heavy atom. The Bertz CT molecular complexity index is 970. The molecule has 0 fully saturated rings. The van der Waals surface area contributed by atoms with Crippen molar-refractivity contribution in [2.24, 2.45) is 0 Å². The minimum Gasteiger partial charge on any atom is -0.492 e. The van der Waals surface area contributed by atoms with E-state index in [4.69, 9.17) is 4.74 Å². The average molecular weight is 379 g/mol. The molecule has 0 radical (unpaired) electrons. The van der Waals surface area contributed by atoms with E-state index in [0.717, 1.165) is 36.2 Å². The van der Waals surface area contributed by atoms with Crippen LogP contribution >= 0.6 is 0 Å². The second kappa shape index (κ2) is 7.34. The number of anilines is 3. The van der Waals surface area contributed by atoms with E-state index in [0.29, 0.717) is 30.2 Å². The maximum Gasteiger partial charge on any atom is 0.314 e. The van der Waals surface area contributed by atoms with Crippen LogP contribution in [0.15, 0.2) is 36.4 Å². The molecule has 0 aliphatic carbocycles. The Morgan fingerprint density at radius 1 is 1.11 bits per heavy atom. The maximum atomic E-state index is 12.4. The Kier molecular flexibility index (Phi) is 4.73. The van der Waals surface area contributed by atoms with Crippen molar-refractivity contribution in [3.8, 4) is 5.75 Å². The Hall–Kier alpha value is -3.35. The predicted octanol–water partition coefficient (Wildman–Crippen LogP) is 2.50. The van der Waals surface area contributed by atoms with Gasteiger partial charge in [-0.15, -0.1) is 0 Å². The van der Waals surface area contributed by atoms with Gasteiger partial charge in [0.2, 0.25) is 5.91 Å². The number of amides is 3. The summed E-state index contributed by atoms with van der Waals surface area (Å²) in [6.07, 6.45) is 2.08. The number of nitrogens with zero attached hydrogens (tertiary/aromatic N) is 1. The molecule has 0 aromatic heterocycles. The molecule has 0 atom stereocenters. The molecule has 0 bridgehead atoms. The molecule has 2 aliphatic rings. The van der Waals surface area contributed by atoms with Gasteiger partial charge < -0.3 is 20.3 Å². The van der Waals surface area contributed by atoms with E-state index in [1.807, 2.05) is 17.9 Å². The number of para-hydroxylation sites is 2. The second-order valence-electron chi connectivity index (χ2n) is 6.81. The zero-order valence-electron chi connectivity index (χ0n) is 15.6. The Labute approximate surface area is 162 Å². The van der Waals surface area contributed by atoms with Crippen molar-refractivity contribution >= 4 is 34.8 Å². The largest absolute Gasteiger partial charge is 0.492 e. The monoisotopic (exact) mass is 379 g/mol. The Morgan fingerprint density at radius 3 is 2.68 bits per heavy atom. The van der Waals surface area contributed by atoms with Crippen molar-refractivity contribution in [3.63, 3.8) is 0 Å². The van der Waals surface area contributed by atoms with E-state index >= 15 is 0 Å². The van der Waals surface area contributed by atoms with Gasteiger partial charge in [0.25, 0.3) is 0 Å². The number of ether oxygens (including phenoxy) is 1. The number of hydrogen-bond acceptors (Lipinski definition) is 4. The summed E-state index contributed by atoms with van der Waals surface area (Å²) in [6, 6.07) is 10.6. The summed E-state index contributed by atoms with van der Waals surface area (Å²) in [5.74, 6) is -0.953. The number of rotatable bonds is 4. The van der Waals surface area contributed by atoms with Gasteiger partial charge in [-0.25, -0.2) is 0 Å². The second-order valence-corrected chi connectivity index (χ2v) is 6.81. The first kappa shape index (κ1) is 18.0. The summed E-state index contributed by atoms with van der Waals surface area (Å²) in [5, 5.41) is 5.23. The van der Waals surface area contributed by atoms with Crippen LogP contribution in [0, 0.1) is 0 Å². The van der Waals surface area contributed by atoms with Gasteiger partial charge in [0.15, 0.2) is 0 Å². The predicted molar refractivity (Wildman–Crippen MR) is 106 cm³/mol. The standard InChI is InChI=1S/C21H21N3O4/c1-2-28-17-8-4-3-7-16(17)23-21(27)20(26)22-15-10-13-6-5-9-24-18(25)12-14(11-15)19(13)24/h3-4,7-8,10-11H,2,5-6,9,12H2,1H3,(H,22,26)(H,23,27). The van der Waals surface area contributed by atoms with Crippen molar-refractivity contribution in [1.82, 2.24) is 0 Å². The summed E-state index contributed by atoms with van der Waals surface area (Å²) in [5.41, 5.74) is 3.88. The average Bonchev–Trinajstić information content (AvgIpc) is 3.00. The van der Waals surface area contributed by atoms with Crippen molar-refractivity contribution in [2.75, 3.05) is 28.7 Å². The summed E-state index contributed by atoms with van der Waals surface area (Å²) in [4.78, 5) is 38.7. The van der Waals surface area contributed by atoms with E-state index in [-0.39, 0.29) is 5.91 Å². The van der Waals surface area contributed by atoms with E-state index in [1.54, 1.807) is 30.3 Å². The van der Waals surface area contributed by atoms with Gasteiger partial charge in [0.05, 0.1) is 24.4 Å². The topological polar surface area (TPSA) is 87.7 Å². The lowest BCUT2D eigenvalue weighted by atomic mass is 9.99. The van der Waals surface area contributed by atoms with Gasteiger partial charge in [-0.2, -0.15) is 0 Å². The van der Waals surface area contributed by atoms with Crippen LogP contribution in [0.1, 0.15) is 24.5 Å². The molecule has 7 heteroatoms. The Balaban J connectivity index is 1.50. The third kappa shape index (κ3) is 3.31. The molecule has 2 heterocycles. The van der Waals surface area contributed by atoms with Gasteiger partial charge in [-0.05, 0) is 55.2 Å². The molecular formula is C21H21N3O4. The third-order valence-corrected chi connectivity index (χ3v) is 4.91. The summed E-state index contributed by atoms with van der Waals surface area (Å²) >= 11 is 0. The van der Waals surface area contributed by atoms with E-state index in [9.17, 15) is 14.4 Å². The lowest BCUT2D eigenvalue weighted by Crippen LogP contribution is -2.31. The maximum absolute atomic E-state index is 12.4. The molecule has 3 amide bonds. The molecule has 7 nitrogen and oxygen atoms in total. The zero-order chi connectivity index (χ0) is 19.7. The van der Waals surface area contributed by atoms with Gasteiger partial charge in [-0.3, -0.25) is 14.4 Å². The van der Waals surface area contributed by atoms with Crippen LogP contribution in [-0.2, 0) is 27.2 Å². The molecular weight excluding hydrogens is 358 g/mol. The molecule has 0 saturated carbocycles. The van der Waals surface area contributed by atoms with Gasteiger partial charge in [0, 0.05) is 12.2 Å². The smallest absolute Gasteiger partial charge is 0.314 e. The van der Waals surface area contributed by atoms with Crippen molar-refractivity contribution in [1.29, 1.82) is 0 Å². The van der Waals surface area contributed by atoms with Crippen molar-refractivity contribution in [3.05, 3.63) is 47.5 Å². The van der Waals surface area contributed by atoms with E-state index < -0.39 is 11.8 Å². The van der Waals surface area contributed by atoms with Crippen LogP contribution in [-0.4, -0.2) is 30.9 Å². The fraction of sp³-hybridized carbons (Fsp3) is 0.286. The van der Waals surface area contributed by atoms with Gasteiger partial charge in [0.1, 0.15) is 5.75 Å². The number of carbonyl (C=O) groups excluding carboxylic acids is 3. The van der Waals surface area contributed by atoms with Crippen LogP contribution < -0.4 is 20.3 Å². The van der Waals surface area contributed by atoms with Crippen LogP contribution in [0.2, 0.25) is 0 Å². The summed E-state index contributed by atoms with van der Waals surface area (Å²) in [6.45, 7) is 3.04. The zero-order valence-corrected chi connectivity index (χ0v) is 15.6. The van der Waals surface area contributed by atoms with E-state index in [2.05, 4.69) is 10.6 Å². The molecule has 28 heavy (non-hydrogen) atoms. The lowest BCUT2D eigenvalue weighted by molar-refractivity contribution is -0.133. The number of aryl methyl sites for hydroxylation is 1.